The lowest BCUT2D eigenvalue weighted by Gasteiger charge is -2.20. The summed E-state index contributed by atoms with van der Waals surface area (Å²) in [7, 11) is 4.04. The molecule has 1 rings (SSSR count). The van der Waals surface area contributed by atoms with Gasteiger partial charge in [-0.2, -0.15) is 0 Å². The zero-order valence-electron chi connectivity index (χ0n) is 61.3. The summed E-state index contributed by atoms with van der Waals surface area (Å²) in [5.74, 6) is 8.20. The van der Waals surface area contributed by atoms with Crippen LogP contribution in [0.15, 0.2) is 0 Å². The van der Waals surface area contributed by atoms with Gasteiger partial charge in [0.25, 0.3) is 0 Å². The van der Waals surface area contributed by atoms with Crippen LogP contribution in [-0.2, 0) is 28.4 Å². The smallest absolute Gasteiger partial charge is 0.0932 e. The standard InChI is InChI=1S/C79H160N2O6/c1-68(2)39-33-41-70(5)43-35-45-72(7)47-37-49-74(9)53-59-86-78(62-80-11)66-84-57-31-27-23-19-15-13-17-21-25-29-55-82-64-76-51-52-77(61-76)65-83-56-30-26-22-18-14-16-20-24-28-32-58-85-67-79(63-81-12)87-60-54-75(10)50-38-48-73(8)46-36-44-71(6)42-34-40-69(3)4/h68-81H,13-67H2,1-12H3/t70?,71?,72?,73?,74?,75?,76-,77+,78-,79?/m1/s1. The maximum absolute atomic E-state index is 6.30. The third-order valence-electron chi connectivity index (χ3n) is 19.9. The maximum Gasteiger partial charge on any atom is 0.0932 e. The highest BCUT2D eigenvalue weighted by atomic mass is 16.5. The van der Waals surface area contributed by atoms with Crippen molar-refractivity contribution in [1.29, 1.82) is 0 Å². The highest BCUT2D eigenvalue weighted by Crippen LogP contribution is 2.32. The molecule has 7 unspecified atom stereocenters. The zero-order chi connectivity index (χ0) is 63.5. The van der Waals surface area contributed by atoms with Gasteiger partial charge in [-0.3, -0.25) is 0 Å². The van der Waals surface area contributed by atoms with E-state index >= 15 is 0 Å². The molecule has 87 heavy (non-hydrogen) atoms. The molecule has 0 bridgehead atoms. The lowest BCUT2D eigenvalue weighted by Crippen LogP contribution is -2.31. The molecule has 0 heterocycles. The summed E-state index contributed by atoms with van der Waals surface area (Å²) in [4.78, 5) is 0. The van der Waals surface area contributed by atoms with Gasteiger partial charge in [-0.05, 0) is 131 Å². The average molecular weight is 1230 g/mol. The van der Waals surface area contributed by atoms with Crippen molar-refractivity contribution in [2.75, 3.05) is 93.3 Å². The molecule has 1 fully saturated rings. The van der Waals surface area contributed by atoms with Crippen molar-refractivity contribution >= 4 is 0 Å². The minimum atomic E-state index is 0.156. The molecular formula is C79H160N2O6. The van der Waals surface area contributed by atoms with E-state index in [0.717, 1.165) is 138 Å². The largest absolute Gasteiger partial charge is 0.381 e. The molecule has 0 radical (unpaired) electrons. The van der Waals surface area contributed by atoms with Gasteiger partial charge in [0.2, 0.25) is 0 Å². The van der Waals surface area contributed by atoms with Crippen LogP contribution in [0.25, 0.3) is 0 Å². The van der Waals surface area contributed by atoms with Crippen LogP contribution in [0.3, 0.4) is 0 Å². The number of ether oxygens (including phenoxy) is 6. The minimum Gasteiger partial charge on any atom is -0.381 e. The van der Waals surface area contributed by atoms with E-state index in [9.17, 15) is 0 Å². The molecule has 0 amide bonds. The Morgan fingerprint density at radius 2 is 0.517 bits per heavy atom. The van der Waals surface area contributed by atoms with Gasteiger partial charge in [0, 0.05) is 65.9 Å². The van der Waals surface area contributed by atoms with Gasteiger partial charge in [-0.1, -0.05) is 288 Å². The van der Waals surface area contributed by atoms with Crippen molar-refractivity contribution < 1.29 is 28.4 Å². The van der Waals surface area contributed by atoms with Crippen LogP contribution in [0.2, 0.25) is 0 Å². The van der Waals surface area contributed by atoms with E-state index in [1.807, 2.05) is 14.1 Å². The molecule has 8 nitrogen and oxygen atoms in total. The molecule has 0 spiro atoms. The number of hydrogen-bond acceptors (Lipinski definition) is 8. The van der Waals surface area contributed by atoms with E-state index in [2.05, 4.69) is 79.9 Å². The van der Waals surface area contributed by atoms with Gasteiger partial charge in [0.05, 0.1) is 25.4 Å². The van der Waals surface area contributed by atoms with Crippen LogP contribution >= 0.6 is 0 Å². The second kappa shape index (κ2) is 63.1. The Labute approximate surface area is 546 Å². The summed E-state index contributed by atoms with van der Waals surface area (Å²) in [5.41, 5.74) is 0. The van der Waals surface area contributed by atoms with E-state index in [4.69, 9.17) is 28.4 Å². The number of unbranched alkanes of at least 4 members (excludes halogenated alkanes) is 18. The van der Waals surface area contributed by atoms with E-state index in [1.165, 1.54) is 263 Å². The van der Waals surface area contributed by atoms with Crippen molar-refractivity contribution in [2.24, 2.45) is 59.2 Å². The molecular weight excluding hydrogens is 1070 g/mol. The molecule has 10 atom stereocenters. The topological polar surface area (TPSA) is 79.4 Å². The van der Waals surface area contributed by atoms with Crippen LogP contribution in [0.1, 0.15) is 345 Å². The van der Waals surface area contributed by atoms with Gasteiger partial charge < -0.3 is 39.1 Å². The fraction of sp³-hybridized carbons (Fsp3) is 1.00. The van der Waals surface area contributed by atoms with E-state index in [0.29, 0.717) is 13.2 Å². The van der Waals surface area contributed by atoms with E-state index in [-0.39, 0.29) is 12.2 Å². The predicted molar refractivity (Wildman–Crippen MR) is 381 cm³/mol. The Balaban J connectivity index is 1.85. The fourth-order valence-corrected chi connectivity index (χ4v) is 13.6. The summed E-state index contributed by atoms with van der Waals surface area (Å²) in [6.07, 6.45) is 58.0. The first-order valence-corrected chi connectivity index (χ1v) is 39.1. The quantitative estimate of drug-likeness (QED) is 0.0583. The Bertz CT molecular complexity index is 1260. The van der Waals surface area contributed by atoms with Crippen LogP contribution in [0.5, 0.6) is 0 Å². The fourth-order valence-electron chi connectivity index (χ4n) is 13.6. The normalized spacial score (nSPS) is 17.6. The Morgan fingerprint density at radius 3 is 0.782 bits per heavy atom. The molecule has 1 saturated carbocycles. The third kappa shape index (κ3) is 59.2. The molecule has 1 aliphatic carbocycles. The van der Waals surface area contributed by atoms with Crippen molar-refractivity contribution in [3.05, 3.63) is 0 Å². The number of hydrogen-bond donors (Lipinski definition) is 2. The van der Waals surface area contributed by atoms with Crippen molar-refractivity contribution in [3.8, 4) is 0 Å². The number of rotatable bonds is 70. The molecule has 1 aliphatic rings. The monoisotopic (exact) mass is 1230 g/mol. The number of likely N-dealkylation sites (N-methyl/N-ethyl adjacent to an activating group) is 2. The Kier molecular flexibility index (Phi) is 61.4. The van der Waals surface area contributed by atoms with Gasteiger partial charge in [0.1, 0.15) is 0 Å². The summed E-state index contributed by atoms with van der Waals surface area (Å²) in [6, 6.07) is 0. The van der Waals surface area contributed by atoms with Gasteiger partial charge >= 0.3 is 0 Å². The lowest BCUT2D eigenvalue weighted by molar-refractivity contribution is -0.0194. The first-order chi connectivity index (χ1) is 42.3. The summed E-state index contributed by atoms with van der Waals surface area (Å²) in [6.45, 7) is 34.5. The van der Waals surface area contributed by atoms with Crippen LogP contribution in [-0.4, -0.2) is 105 Å². The zero-order valence-corrected chi connectivity index (χ0v) is 61.3. The molecule has 0 saturated heterocycles. The first-order valence-electron chi connectivity index (χ1n) is 39.1. The van der Waals surface area contributed by atoms with E-state index < -0.39 is 0 Å². The van der Waals surface area contributed by atoms with Crippen molar-refractivity contribution in [3.63, 3.8) is 0 Å². The Hall–Kier alpha value is -0.320. The summed E-state index contributed by atoms with van der Waals surface area (Å²) < 4.78 is 37.1. The van der Waals surface area contributed by atoms with Crippen molar-refractivity contribution in [2.45, 2.75) is 358 Å². The van der Waals surface area contributed by atoms with Gasteiger partial charge in [-0.25, -0.2) is 0 Å². The molecule has 0 aliphatic heterocycles. The lowest BCUT2D eigenvalue weighted by atomic mass is 9.91. The predicted octanol–water partition coefficient (Wildman–Crippen LogP) is 22.4. The second-order valence-electron chi connectivity index (χ2n) is 30.6. The molecule has 8 heteroatoms. The van der Waals surface area contributed by atoms with Crippen LogP contribution < -0.4 is 10.6 Å². The number of nitrogens with one attached hydrogen (secondary N) is 2. The highest BCUT2D eigenvalue weighted by Gasteiger charge is 2.25. The third-order valence-corrected chi connectivity index (χ3v) is 19.9. The van der Waals surface area contributed by atoms with Crippen molar-refractivity contribution in [1.82, 2.24) is 10.6 Å². The van der Waals surface area contributed by atoms with Gasteiger partial charge in [-0.15, -0.1) is 0 Å². The van der Waals surface area contributed by atoms with Gasteiger partial charge in [0.15, 0.2) is 0 Å². The molecule has 0 aromatic carbocycles. The second-order valence-corrected chi connectivity index (χ2v) is 30.6. The maximum atomic E-state index is 6.30. The minimum absolute atomic E-state index is 0.156. The first kappa shape index (κ1) is 84.7. The molecule has 2 N–H and O–H groups in total. The van der Waals surface area contributed by atoms with Crippen LogP contribution in [0, 0.1) is 59.2 Å². The molecule has 0 aromatic rings. The summed E-state index contributed by atoms with van der Waals surface area (Å²) >= 11 is 0. The van der Waals surface area contributed by atoms with E-state index in [1.54, 1.807) is 0 Å². The average Bonchev–Trinajstić information content (AvgIpc) is 4.14. The summed E-state index contributed by atoms with van der Waals surface area (Å²) in [5, 5.41) is 6.63. The molecule has 0 aromatic heterocycles. The molecule has 522 valence electrons. The van der Waals surface area contributed by atoms with Crippen LogP contribution in [0.4, 0.5) is 0 Å². The SMILES string of the molecule is CNCC(COCCCCCCCCCCCCOC[C@H]1CC[C@@H](COCCCCCCCCCCCCOC[C@@H](CNC)OCCC(C)CCCC(C)CCCC(C)CCCC(C)C)C1)OCCC(C)CCCC(C)CCCC(C)CCCC(C)C. The Morgan fingerprint density at radius 1 is 0.276 bits per heavy atom. The highest BCUT2D eigenvalue weighted by molar-refractivity contribution is 4.75.